The second-order valence-corrected chi connectivity index (χ2v) is 2.98. The molecule has 0 radical (unpaired) electrons. The van der Waals surface area contributed by atoms with Gasteiger partial charge >= 0.3 is 5.97 Å². The highest BCUT2D eigenvalue weighted by Crippen LogP contribution is 2.33. The van der Waals surface area contributed by atoms with Gasteiger partial charge in [-0.2, -0.15) is 0 Å². The molecule has 0 aliphatic carbocycles. The van der Waals surface area contributed by atoms with E-state index in [0.717, 1.165) is 0 Å². The van der Waals surface area contributed by atoms with E-state index in [-0.39, 0.29) is 6.42 Å². The first kappa shape index (κ1) is 11.2. The zero-order valence-corrected chi connectivity index (χ0v) is 8.61. The zero-order valence-electron chi connectivity index (χ0n) is 8.61. The summed E-state index contributed by atoms with van der Waals surface area (Å²) in [5.74, 6) is -0.0694. The van der Waals surface area contributed by atoms with Crippen LogP contribution in [0.15, 0.2) is 12.1 Å². The predicted octanol–water partition coefficient (Wildman–Crippen LogP) is 0.913. The van der Waals surface area contributed by atoms with Gasteiger partial charge in [0.1, 0.15) is 17.2 Å². The molecular weight excluding hydrogens is 198 g/mol. The molecule has 5 nitrogen and oxygen atoms in total. The van der Waals surface area contributed by atoms with Crippen molar-refractivity contribution in [3.05, 3.63) is 17.7 Å². The number of anilines is 1. The van der Waals surface area contributed by atoms with E-state index in [9.17, 15) is 4.79 Å². The Hall–Kier alpha value is -1.91. The summed E-state index contributed by atoms with van der Waals surface area (Å²) in [6.07, 6.45) is -0.0903. The monoisotopic (exact) mass is 211 g/mol. The molecule has 1 aromatic rings. The SMILES string of the molecule is COc1cc(CC(=O)O)cc(OC)c1N. The summed E-state index contributed by atoms with van der Waals surface area (Å²) in [4.78, 5) is 10.5. The number of ether oxygens (including phenoxy) is 2. The Labute approximate surface area is 87.4 Å². The Kier molecular flexibility index (Phi) is 3.38. The van der Waals surface area contributed by atoms with Crippen molar-refractivity contribution >= 4 is 11.7 Å². The van der Waals surface area contributed by atoms with Crippen molar-refractivity contribution in [1.29, 1.82) is 0 Å². The number of nitrogen functional groups attached to an aromatic ring is 1. The maximum atomic E-state index is 10.5. The van der Waals surface area contributed by atoms with Crippen LogP contribution in [0.2, 0.25) is 0 Å². The van der Waals surface area contributed by atoms with E-state index >= 15 is 0 Å². The number of hydrogen-bond acceptors (Lipinski definition) is 4. The summed E-state index contributed by atoms with van der Waals surface area (Å²) in [7, 11) is 2.94. The molecule has 0 spiro atoms. The van der Waals surface area contributed by atoms with Crippen molar-refractivity contribution < 1.29 is 19.4 Å². The summed E-state index contributed by atoms with van der Waals surface area (Å²) in [5.41, 5.74) is 6.66. The lowest BCUT2D eigenvalue weighted by atomic mass is 10.1. The van der Waals surface area contributed by atoms with Crippen LogP contribution in [-0.4, -0.2) is 25.3 Å². The fourth-order valence-corrected chi connectivity index (χ4v) is 1.27. The average Bonchev–Trinajstić information content (AvgIpc) is 2.19. The van der Waals surface area contributed by atoms with Gasteiger partial charge in [-0.3, -0.25) is 4.79 Å². The standard InChI is InChI=1S/C10H13NO4/c1-14-7-3-6(5-9(12)13)4-8(15-2)10(7)11/h3-4H,5,11H2,1-2H3,(H,12,13). The highest BCUT2D eigenvalue weighted by molar-refractivity contribution is 5.73. The van der Waals surface area contributed by atoms with Gasteiger partial charge in [0.25, 0.3) is 0 Å². The molecular formula is C10H13NO4. The van der Waals surface area contributed by atoms with Crippen LogP contribution in [0.4, 0.5) is 5.69 Å². The Morgan fingerprint density at radius 2 is 1.80 bits per heavy atom. The van der Waals surface area contributed by atoms with Crippen LogP contribution in [0, 0.1) is 0 Å². The maximum Gasteiger partial charge on any atom is 0.307 e. The van der Waals surface area contributed by atoms with Crippen molar-refractivity contribution in [1.82, 2.24) is 0 Å². The van der Waals surface area contributed by atoms with E-state index in [1.807, 2.05) is 0 Å². The van der Waals surface area contributed by atoms with Crippen LogP contribution in [-0.2, 0) is 11.2 Å². The number of aliphatic carboxylic acids is 1. The normalized spacial score (nSPS) is 9.73. The van der Waals surface area contributed by atoms with E-state index in [1.54, 1.807) is 12.1 Å². The molecule has 0 saturated carbocycles. The third-order valence-corrected chi connectivity index (χ3v) is 1.96. The molecule has 0 fully saturated rings. The molecule has 0 heterocycles. The van der Waals surface area contributed by atoms with Crippen LogP contribution < -0.4 is 15.2 Å². The van der Waals surface area contributed by atoms with E-state index in [4.69, 9.17) is 20.3 Å². The second-order valence-electron chi connectivity index (χ2n) is 2.98. The molecule has 5 heteroatoms. The van der Waals surface area contributed by atoms with Gasteiger partial charge in [0.15, 0.2) is 0 Å². The Bertz CT molecular complexity index is 351. The molecule has 0 aliphatic rings. The van der Waals surface area contributed by atoms with Crippen LogP contribution in [0.1, 0.15) is 5.56 Å². The minimum Gasteiger partial charge on any atom is -0.494 e. The summed E-state index contributed by atoms with van der Waals surface area (Å²) in [6.45, 7) is 0. The summed E-state index contributed by atoms with van der Waals surface area (Å²) >= 11 is 0. The van der Waals surface area contributed by atoms with Crippen LogP contribution in [0.25, 0.3) is 0 Å². The van der Waals surface area contributed by atoms with Crippen molar-refractivity contribution in [3.8, 4) is 11.5 Å². The lowest BCUT2D eigenvalue weighted by molar-refractivity contribution is -0.136. The molecule has 15 heavy (non-hydrogen) atoms. The minimum absolute atomic E-state index is 0.0903. The van der Waals surface area contributed by atoms with Crippen molar-refractivity contribution in [3.63, 3.8) is 0 Å². The van der Waals surface area contributed by atoms with Crippen LogP contribution in [0.3, 0.4) is 0 Å². The van der Waals surface area contributed by atoms with Crippen molar-refractivity contribution in [2.75, 3.05) is 20.0 Å². The number of nitrogens with two attached hydrogens (primary N) is 1. The molecule has 0 atom stereocenters. The first-order chi connectivity index (χ1) is 7.08. The first-order valence-electron chi connectivity index (χ1n) is 4.30. The quantitative estimate of drug-likeness (QED) is 0.723. The largest absolute Gasteiger partial charge is 0.494 e. The molecule has 0 bridgehead atoms. The molecule has 82 valence electrons. The predicted molar refractivity (Wildman–Crippen MR) is 55.3 cm³/mol. The Balaban J connectivity index is 3.14. The van der Waals surface area contributed by atoms with E-state index in [0.29, 0.717) is 22.7 Å². The van der Waals surface area contributed by atoms with Gasteiger partial charge in [-0.15, -0.1) is 0 Å². The number of carboxylic acid groups (broad SMARTS) is 1. The molecule has 0 saturated heterocycles. The van der Waals surface area contributed by atoms with Gasteiger partial charge in [0.05, 0.1) is 20.6 Å². The minimum atomic E-state index is -0.913. The van der Waals surface area contributed by atoms with Gasteiger partial charge in [0, 0.05) is 0 Å². The van der Waals surface area contributed by atoms with Gasteiger partial charge in [-0.1, -0.05) is 0 Å². The van der Waals surface area contributed by atoms with Gasteiger partial charge in [0.2, 0.25) is 0 Å². The number of carbonyl (C=O) groups is 1. The maximum absolute atomic E-state index is 10.5. The third kappa shape index (κ3) is 2.52. The average molecular weight is 211 g/mol. The number of benzene rings is 1. The van der Waals surface area contributed by atoms with Gasteiger partial charge in [-0.05, 0) is 17.7 Å². The van der Waals surface area contributed by atoms with E-state index in [2.05, 4.69) is 0 Å². The topological polar surface area (TPSA) is 81.8 Å². The fourth-order valence-electron chi connectivity index (χ4n) is 1.27. The third-order valence-electron chi connectivity index (χ3n) is 1.96. The molecule has 0 aromatic heterocycles. The number of hydrogen-bond donors (Lipinski definition) is 2. The summed E-state index contributed by atoms with van der Waals surface area (Å²) < 4.78 is 10.0. The highest BCUT2D eigenvalue weighted by Gasteiger charge is 2.10. The molecule has 0 unspecified atom stereocenters. The van der Waals surface area contributed by atoms with E-state index in [1.165, 1.54) is 14.2 Å². The van der Waals surface area contributed by atoms with Crippen LogP contribution in [0.5, 0.6) is 11.5 Å². The van der Waals surface area contributed by atoms with Gasteiger partial charge < -0.3 is 20.3 Å². The van der Waals surface area contributed by atoms with Crippen molar-refractivity contribution in [2.45, 2.75) is 6.42 Å². The first-order valence-corrected chi connectivity index (χ1v) is 4.30. The molecule has 0 amide bonds. The number of rotatable bonds is 4. The van der Waals surface area contributed by atoms with Crippen molar-refractivity contribution in [2.24, 2.45) is 0 Å². The van der Waals surface area contributed by atoms with Crippen LogP contribution >= 0.6 is 0 Å². The summed E-state index contributed by atoms with van der Waals surface area (Å²) in [5, 5.41) is 8.65. The molecule has 3 N–H and O–H groups in total. The number of methoxy groups -OCH3 is 2. The fraction of sp³-hybridized carbons (Fsp3) is 0.300. The van der Waals surface area contributed by atoms with E-state index < -0.39 is 5.97 Å². The summed E-state index contributed by atoms with van der Waals surface area (Å²) in [6, 6.07) is 3.18. The second kappa shape index (κ2) is 4.54. The molecule has 1 aromatic carbocycles. The Morgan fingerprint density at radius 1 is 1.33 bits per heavy atom. The van der Waals surface area contributed by atoms with Gasteiger partial charge in [-0.25, -0.2) is 0 Å². The number of carboxylic acids is 1. The smallest absolute Gasteiger partial charge is 0.307 e. The Morgan fingerprint density at radius 3 is 2.13 bits per heavy atom. The lowest BCUT2D eigenvalue weighted by Crippen LogP contribution is -2.03. The molecule has 1 rings (SSSR count). The zero-order chi connectivity index (χ0) is 11.4. The highest BCUT2D eigenvalue weighted by atomic mass is 16.5. The molecule has 0 aliphatic heterocycles. The lowest BCUT2D eigenvalue weighted by Gasteiger charge is -2.11.